The Morgan fingerprint density at radius 3 is 2.59 bits per heavy atom. The normalized spacial score (nSPS) is 13.1. The minimum absolute atomic E-state index is 0.0145. The molecular formula is C14H18N4O4. The lowest BCUT2D eigenvalue weighted by molar-refractivity contribution is -0.384. The molecule has 0 atom stereocenters. The van der Waals surface area contributed by atoms with Crippen molar-refractivity contribution in [2.45, 2.75) is 12.8 Å². The van der Waals surface area contributed by atoms with Crippen LogP contribution in [0.25, 0.3) is 0 Å². The van der Waals surface area contributed by atoms with Crippen LogP contribution in [-0.4, -0.2) is 49.3 Å². The SMILES string of the molecule is CN(C)C(=O)CN(C)c1cc2c(cc1[N+](=O)[O-])CCC(=O)N2. The van der Waals surface area contributed by atoms with Crippen LogP contribution in [0.3, 0.4) is 0 Å². The van der Waals surface area contributed by atoms with Crippen molar-refractivity contribution in [3.63, 3.8) is 0 Å². The number of fused-ring (bicyclic) bond motifs is 1. The van der Waals surface area contributed by atoms with Gasteiger partial charge in [-0.2, -0.15) is 0 Å². The highest BCUT2D eigenvalue weighted by Crippen LogP contribution is 2.35. The van der Waals surface area contributed by atoms with Gasteiger partial charge in [-0.1, -0.05) is 0 Å². The maximum atomic E-state index is 11.8. The van der Waals surface area contributed by atoms with Crippen molar-refractivity contribution in [2.24, 2.45) is 0 Å². The molecule has 0 spiro atoms. The molecule has 1 aromatic carbocycles. The molecule has 2 rings (SSSR count). The molecule has 0 saturated carbocycles. The first kappa shape index (κ1) is 15.7. The smallest absolute Gasteiger partial charge is 0.292 e. The van der Waals surface area contributed by atoms with Crippen molar-refractivity contribution < 1.29 is 14.5 Å². The van der Waals surface area contributed by atoms with E-state index in [9.17, 15) is 19.7 Å². The van der Waals surface area contributed by atoms with Crippen LogP contribution in [0.15, 0.2) is 12.1 Å². The summed E-state index contributed by atoms with van der Waals surface area (Å²) in [5, 5.41) is 14.0. The summed E-state index contributed by atoms with van der Waals surface area (Å²) in [5.41, 5.74) is 1.55. The van der Waals surface area contributed by atoms with E-state index in [0.717, 1.165) is 5.56 Å². The van der Waals surface area contributed by atoms with Crippen LogP contribution in [-0.2, 0) is 16.0 Å². The standard InChI is InChI=1S/C14H18N4O4/c1-16(2)14(20)8-17(3)11-7-10-9(4-5-13(19)15-10)6-12(11)18(21)22/h6-7H,4-5,8H2,1-3H3,(H,15,19). The maximum absolute atomic E-state index is 11.8. The average molecular weight is 306 g/mol. The van der Waals surface area contributed by atoms with Gasteiger partial charge < -0.3 is 15.1 Å². The van der Waals surface area contributed by atoms with Crippen molar-refractivity contribution in [3.8, 4) is 0 Å². The summed E-state index contributed by atoms with van der Waals surface area (Å²) in [6, 6.07) is 3.04. The molecule has 0 unspecified atom stereocenters. The average Bonchev–Trinajstić information content (AvgIpc) is 2.45. The molecular weight excluding hydrogens is 288 g/mol. The first-order valence-electron chi connectivity index (χ1n) is 6.82. The van der Waals surface area contributed by atoms with Crippen LogP contribution in [0.2, 0.25) is 0 Å². The molecule has 0 aromatic heterocycles. The molecule has 8 nitrogen and oxygen atoms in total. The lowest BCUT2D eigenvalue weighted by Crippen LogP contribution is -2.34. The van der Waals surface area contributed by atoms with Gasteiger partial charge in [-0.3, -0.25) is 19.7 Å². The minimum atomic E-state index is -0.470. The van der Waals surface area contributed by atoms with Gasteiger partial charge in [0.1, 0.15) is 5.69 Å². The molecule has 8 heteroatoms. The fourth-order valence-electron chi connectivity index (χ4n) is 2.29. The van der Waals surface area contributed by atoms with Gasteiger partial charge in [0.2, 0.25) is 11.8 Å². The first-order chi connectivity index (χ1) is 10.3. The Morgan fingerprint density at radius 1 is 1.32 bits per heavy atom. The summed E-state index contributed by atoms with van der Waals surface area (Å²) in [7, 11) is 4.86. The summed E-state index contributed by atoms with van der Waals surface area (Å²) >= 11 is 0. The number of rotatable bonds is 4. The summed E-state index contributed by atoms with van der Waals surface area (Å²) in [4.78, 5) is 37.0. The quantitative estimate of drug-likeness (QED) is 0.661. The Balaban J connectivity index is 2.40. The van der Waals surface area contributed by atoms with Crippen LogP contribution < -0.4 is 10.2 Å². The summed E-state index contributed by atoms with van der Waals surface area (Å²) in [6.07, 6.45) is 0.793. The number of likely N-dealkylation sites (N-methyl/N-ethyl adjacent to an activating group) is 2. The number of benzene rings is 1. The minimum Gasteiger partial charge on any atom is -0.360 e. The summed E-state index contributed by atoms with van der Waals surface area (Å²) < 4.78 is 0. The van der Waals surface area contributed by atoms with Gasteiger partial charge in [-0.05, 0) is 18.1 Å². The number of nitrogens with one attached hydrogen (secondary N) is 1. The third-order valence-corrected chi connectivity index (χ3v) is 3.58. The molecule has 2 amide bonds. The fraction of sp³-hybridized carbons (Fsp3) is 0.429. The molecule has 0 fully saturated rings. The fourth-order valence-corrected chi connectivity index (χ4v) is 2.29. The zero-order valence-corrected chi connectivity index (χ0v) is 12.8. The molecule has 1 aliphatic rings. The van der Waals surface area contributed by atoms with Crippen molar-refractivity contribution in [2.75, 3.05) is 37.9 Å². The van der Waals surface area contributed by atoms with Gasteiger partial charge in [0.25, 0.3) is 5.69 Å². The second-order valence-corrected chi connectivity index (χ2v) is 5.45. The number of aryl methyl sites for hydroxylation is 1. The second-order valence-electron chi connectivity index (χ2n) is 5.45. The summed E-state index contributed by atoms with van der Waals surface area (Å²) in [6.45, 7) is 0.0145. The number of carbonyl (C=O) groups is 2. The summed E-state index contributed by atoms with van der Waals surface area (Å²) in [5.74, 6) is -0.280. The maximum Gasteiger partial charge on any atom is 0.292 e. The molecule has 1 heterocycles. The highest BCUT2D eigenvalue weighted by molar-refractivity contribution is 5.95. The molecule has 0 bridgehead atoms. The van der Waals surface area contributed by atoms with E-state index in [1.807, 2.05) is 0 Å². The van der Waals surface area contributed by atoms with E-state index in [0.29, 0.717) is 24.2 Å². The van der Waals surface area contributed by atoms with Gasteiger partial charge in [0.05, 0.1) is 11.5 Å². The lowest BCUT2D eigenvalue weighted by Gasteiger charge is -2.24. The number of nitro groups is 1. The van der Waals surface area contributed by atoms with Crippen molar-refractivity contribution in [3.05, 3.63) is 27.8 Å². The zero-order valence-electron chi connectivity index (χ0n) is 12.8. The topological polar surface area (TPSA) is 95.8 Å². The molecule has 0 saturated heterocycles. The molecule has 1 aliphatic heterocycles. The number of amides is 2. The largest absolute Gasteiger partial charge is 0.360 e. The lowest BCUT2D eigenvalue weighted by atomic mass is 10.0. The molecule has 22 heavy (non-hydrogen) atoms. The van der Waals surface area contributed by atoms with E-state index in [1.54, 1.807) is 27.2 Å². The third kappa shape index (κ3) is 3.16. The molecule has 0 aliphatic carbocycles. The first-order valence-corrected chi connectivity index (χ1v) is 6.82. The molecule has 118 valence electrons. The highest BCUT2D eigenvalue weighted by Gasteiger charge is 2.25. The number of hydrogen-bond donors (Lipinski definition) is 1. The van der Waals surface area contributed by atoms with Gasteiger partial charge in [-0.15, -0.1) is 0 Å². The Kier molecular flexibility index (Phi) is 4.30. The van der Waals surface area contributed by atoms with Crippen molar-refractivity contribution in [1.29, 1.82) is 0 Å². The number of carbonyl (C=O) groups excluding carboxylic acids is 2. The Bertz CT molecular complexity index is 642. The number of anilines is 2. The van der Waals surface area contributed by atoms with E-state index in [1.165, 1.54) is 15.9 Å². The number of nitro benzene ring substituents is 1. The number of nitrogens with zero attached hydrogens (tertiary/aromatic N) is 3. The number of hydrogen-bond acceptors (Lipinski definition) is 5. The van der Waals surface area contributed by atoms with E-state index in [2.05, 4.69) is 5.32 Å². The monoisotopic (exact) mass is 306 g/mol. The highest BCUT2D eigenvalue weighted by atomic mass is 16.6. The van der Waals surface area contributed by atoms with E-state index in [4.69, 9.17) is 0 Å². The van der Waals surface area contributed by atoms with Crippen LogP contribution in [0.1, 0.15) is 12.0 Å². The second kappa shape index (κ2) is 6.00. The Hall–Kier alpha value is -2.64. The molecule has 0 radical (unpaired) electrons. The van der Waals surface area contributed by atoms with Gasteiger partial charge in [-0.25, -0.2) is 0 Å². The van der Waals surface area contributed by atoms with E-state index >= 15 is 0 Å². The van der Waals surface area contributed by atoms with Crippen LogP contribution in [0, 0.1) is 10.1 Å². The van der Waals surface area contributed by atoms with Crippen molar-refractivity contribution in [1.82, 2.24) is 4.90 Å². The van der Waals surface area contributed by atoms with Crippen LogP contribution >= 0.6 is 0 Å². The van der Waals surface area contributed by atoms with Crippen LogP contribution in [0.4, 0.5) is 17.1 Å². The Labute approximate surface area is 127 Å². The predicted molar refractivity (Wildman–Crippen MR) is 82.0 cm³/mol. The Morgan fingerprint density at radius 2 is 2.00 bits per heavy atom. The molecule has 1 aromatic rings. The van der Waals surface area contributed by atoms with Gasteiger partial charge in [0, 0.05) is 39.3 Å². The van der Waals surface area contributed by atoms with Crippen molar-refractivity contribution >= 4 is 28.9 Å². The van der Waals surface area contributed by atoms with Crippen LogP contribution in [0.5, 0.6) is 0 Å². The predicted octanol–water partition coefficient (Wildman–Crippen LogP) is 1.00. The van der Waals surface area contributed by atoms with E-state index in [-0.39, 0.29) is 24.0 Å². The third-order valence-electron chi connectivity index (χ3n) is 3.58. The zero-order chi connectivity index (χ0) is 16.4. The van der Waals surface area contributed by atoms with Gasteiger partial charge >= 0.3 is 0 Å². The van der Waals surface area contributed by atoms with E-state index < -0.39 is 4.92 Å². The molecule has 1 N–H and O–H groups in total. The van der Waals surface area contributed by atoms with Gasteiger partial charge in [0.15, 0.2) is 0 Å².